The van der Waals surface area contributed by atoms with Crippen molar-refractivity contribution in [1.29, 1.82) is 0 Å². The molecule has 358 valence electrons. The summed E-state index contributed by atoms with van der Waals surface area (Å²) in [5.74, 6) is -2.06. The fourth-order valence-corrected chi connectivity index (χ4v) is 8.25. The number of unbranched alkanes of at least 4 members (excludes halogenated alkanes) is 2. The van der Waals surface area contributed by atoms with Crippen LogP contribution in [0.15, 0.2) is 85.2 Å². The third-order valence-electron chi connectivity index (χ3n) is 12.0. The maximum Gasteiger partial charge on any atom is 0.254 e. The number of imide groups is 1. The highest BCUT2D eigenvalue weighted by Gasteiger charge is 2.45. The molecular weight excluding hydrogens is 867 g/mol. The van der Waals surface area contributed by atoms with Gasteiger partial charge in [0.05, 0.1) is 12.3 Å². The van der Waals surface area contributed by atoms with E-state index < -0.39 is 67.0 Å². The molecule has 0 bridgehead atoms. The van der Waals surface area contributed by atoms with Gasteiger partial charge in [0, 0.05) is 79.6 Å². The van der Waals surface area contributed by atoms with Crippen molar-refractivity contribution in [3.05, 3.63) is 102 Å². The van der Waals surface area contributed by atoms with E-state index in [1.165, 1.54) is 6.07 Å². The van der Waals surface area contributed by atoms with Gasteiger partial charge in [0.1, 0.15) is 36.2 Å². The summed E-state index contributed by atoms with van der Waals surface area (Å²) in [4.78, 5) is 78.6. The van der Waals surface area contributed by atoms with Crippen molar-refractivity contribution in [2.75, 3.05) is 43.8 Å². The second-order valence-corrected chi connectivity index (χ2v) is 16.9. The van der Waals surface area contributed by atoms with Crippen molar-refractivity contribution in [3.63, 3.8) is 0 Å². The molecule has 3 aliphatic rings. The van der Waals surface area contributed by atoms with Gasteiger partial charge in [0.2, 0.25) is 18.1 Å². The Morgan fingerprint density at radius 2 is 1.69 bits per heavy atom. The number of likely N-dealkylation sites (tertiary alicyclic amines) is 1. The zero-order valence-corrected chi connectivity index (χ0v) is 37.2. The number of carbonyl (C=O) groups is 6. The molecule has 0 saturated carbocycles. The predicted molar refractivity (Wildman–Crippen MR) is 243 cm³/mol. The maximum absolute atomic E-state index is 13.3. The Balaban J connectivity index is 1.01. The Morgan fingerprint density at radius 1 is 0.925 bits per heavy atom. The Labute approximate surface area is 388 Å². The minimum absolute atomic E-state index is 0.0107. The van der Waals surface area contributed by atoms with Gasteiger partial charge < -0.3 is 56.9 Å². The molecule has 4 heterocycles. The number of nitrogens with two attached hydrogens (primary N) is 2. The second-order valence-electron chi connectivity index (χ2n) is 16.9. The van der Waals surface area contributed by atoms with Crippen LogP contribution >= 0.6 is 0 Å². The monoisotopic (exact) mass is 926 g/mol. The van der Waals surface area contributed by atoms with Gasteiger partial charge in [-0.05, 0) is 79.8 Å². The normalized spacial score (nSPS) is 21.4. The molecule has 2 fully saturated rings. The van der Waals surface area contributed by atoms with Crippen LogP contribution in [-0.4, -0.2) is 135 Å². The third kappa shape index (κ3) is 13.6. The van der Waals surface area contributed by atoms with Crippen LogP contribution in [0.3, 0.4) is 0 Å². The van der Waals surface area contributed by atoms with E-state index in [2.05, 4.69) is 10.6 Å². The lowest BCUT2D eigenvalue weighted by Crippen LogP contribution is -2.60. The standard InChI is InChI=1S/C48H59N7O12/c49-26-37(55-41(59)15-16-42(55)60)46(64)51-20-17-40(58)52-36-24-32(12-14-38(36)66-48-45(63)44(62)43(61)39(29-56)67-48)28-53-21-5-7-31(27-53)11-13-35(57)10-3-1-2-6-30-18-22-54(23-19-30)47(65)33-8-4-9-34(50)25-33/h4-5,7-9,11-16,21,24-25,27,30,37,39,43-45,48,56,61-63H,1-3,6,10,17-20,22-23,26,28-29,49-50H2,(H-,51,52,58,64)/p+1/b13-11+/t37-,39+,43+,44-,45-,48-/m0/s1. The highest BCUT2D eigenvalue weighted by Crippen LogP contribution is 2.31. The van der Waals surface area contributed by atoms with Gasteiger partial charge in [-0.1, -0.05) is 25.3 Å². The number of carbonyl (C=O) groups excluding carboxylic acids is 6. The summed E-state index contributed by atoms with van der Waals surface area (Å²) in [6.45, 7) is 0.556. The number of ether oxygens (including phenoxy) is 2. The molecule has 5 amide bonds. The van der Waals surface area contributed by atoms with E-state index in [0.29, 0.717) is 35.7 Å². The number of aliphatic hydroxyl groups excluding tert-OH is 4. The number of nitrogens with zero attached hydrogens (tertiary/aromatic N) is 3. The van der Waals surface area contributed by atoms with Crippen molar-refractivity contribution in [1.82, 2.24) is 15.1 Å². The van der Waals surface area contributed by atoms with Gasteiger partial charge in [-0.3, -0.25) is 33.7 Å². The number of aliphatic hydroxyl groups is 4. The van der Waals surface area contributed by atoms with Crippen molar-refractivity contribution in [2.24, 2.45) is 11.7 Å². The van der Waals surface area contributed by atoms with Gasteiger partial charge in [-0.25, -0.2) is 4.57 Å². The molecule has 67 heavy (non-hydrogen) atoms. The van der Waals surface area contributed by atoms with Crippen LogP contribution in [0.4, 0.5) is 11.4 Å². The first-order valence-corrected chi connectivity index (χ1v) is 22.5. The van der Waals surface area contributed by atoms with Gasteiger partial charge in [-0.2, -0.15) is 0 Å². The number of rotatable bonds is 21. The Kier molecular flexibility index (Phi) is 17.9. The molecule has 6 rings (SSSR count). The lowest BCUT2D eigenvalue weighted by Gasteiger charge is -2.39. The fourth-order valence-electron chi connectivity index (χ4n) is 8.25. The van der Waals surface area contributed by atoms with E-state index >= 15 is 0 Å². The van der Waals surface area contributed by atoms with Crippen LogP contribution in [0.1, 0.15) is 72.9 Å². The number of nitrogens with one attached hydrogen (secondary N) is 2. The highest BCUT2D eigenvalue weighted by molar-refractivity contribution is 6.15. The number of hydrogen-bond acceptors (Lipinski definition) is 14. The summed E-state index contributed by atoms with van der Waals surface area (Å²) in [7, 11) is 0. The third-order valence-corrected chi connectivity index (χ3v) is 12.0. The first-order valence-electron chi connectivity index (χ1n) is 22.5. The number of anilines is 2. The minimum Gasteiger partial charge on any atom is -0.460 e. The smallest absolute Gasteiger partial charge is 0.254 e. The number of ketones is 1. The highest BCUT2D eigenvalue weighted by atomic mass is 16.7. The van der Waals surface area contributed by atoms with E-state index in [1.54, 1.807) is 48.6 Å². The number of allylic oxidation sites excluding steroid dienone is 1. The van der Waals surface area contributed by atoms with Crippen LogP contribution < -0.4 is 31.4 Å². The summed E-state index contributed by atoms with van der Waals surface area (Å²) in [5, 5.41) is 46.2. The minimum atomic E-state index is -1.73. The summed E-state index contributed by atoms with van der Waals surface area (Å²) >= 11 is 0. The Morgan fingerprint density at radius 3 is 2.40 bits per heavy atom. The molecule has 19 heteroatoms. The molecule has 0 spiro atoms. The molecule has 10 N–H and O–H groups in total. The lowest BCUT2D eigenvalue weighted by molar-refractivity contribution is -0.688. The second kappa shape index (κ2) is 23.9. The number of amides is 5. The largest absolute Gasteiger partial charge is 0.460 e. The Bertz CT molecular complexity index is 2300. The van der Waals surface area contributed by atoms with E-state index in [4.69, 9.17) is 20.9 Å². The number of hydrogen-bond donors (Lipinski definition) is 8. The van der Waals surface area contributed by atoms with E-state index in [1.807, 2.05) is 34.0 Å². The first kappa shape index (κ1) is 50.1. The topological polar surface area (TPSA) is 288 Å². The average Bonchev–Trinajstić information content (AvgIpc) is 3.65. The maximum atomic E-state index is 13.3. The average molecular weight is 927 g/mol. The Hall–Kier alpha value is -6.35. The number of pyridine rings is 1. The van der Waals surface area contributed by atoms with Crippen molar-refractivity contribution < 1.29 is 63.2 Å². The van der Waals surface area contributed by atoms with Crippen LogP contribution in [0, 0.1) is 5.92 Å². The molecule has 0 unspecified atom stereocenters. The van der Waals surface area contributed by atoms with Crippen molar-refractivity contribution in [3.8, 4) is 5.75 Å². The molecule has 2 saturated heterocycles. The van der Waals surface area contributed by atoms with Crippen molar-refractivity contribution >= 4 is 52.8 Å². The van der Waals surface area contributed by atoms with Gasteiger partial charge in [0.15, 0.2) is 24.7 Å². The van der Waals surface area contributed by atoms with Crippen LogP contribution in [0.2, 0.25) is 0 Å². The molecule has 0 aliphatic carbocycles. The SMILES string of the molecule is NC[C@@H](C(=O)NCCC(=O)Nc1cc(C[n+]2cccc(/C=C/C(=O)CCCCCC3CCN(C(=O)c4cccc(N)c4)CC3)c2)ccc1O[C@H]1O[C@H](CO)[C@@H](O)[C@H](O)[C@@H]1O)N1C(=O)C=CC1=O. The zero-order valence-electron chi connectivity index (χ0n) is 37.2. The summed E-state index contributed by atoms with van der Waals surface area (Å²) in [6, 6.07) is 14.3. The summed E-state index contributed by atoms with van der Waals surface area (Å²) in [5.41, 5.74) is 14.3. The van der Waals surface area contributed by atoms with E-state index in [0.717, 1.165) is 74.2 Å². The summed E-state index contributed by atoms with van der Waals surface area (Å²) in [6.07, 6.45) is 7.14. The van der Waals surface area contributed by atoms with Gasteiger partial charge >= 0.3 is 0 Å². The van der Waals surface area contributed by atoms with Gasteiger partial charge in [-0.15, -0.1) is 0 Å². The van der Waals surface area contributed by atoms with Crippen LogP contribution in [-0.2, 0) is 35.3 Å². The molecule has 3 aromatic rings. The van der Waals surface area contributed by atoms with Gasteiger partial charge in [0.25, 0.3) is 17.7 Å². The first-order chi connectivity index (χ1) is 32.2. The van der Waals surface area contributed by atoms with E-state index in [-0.39, 0.29) is 42.6 Å². The van der Waals surface area contributed by atoms with Crippen LogP contribution in [0.25, 0.3) is 6.08 Å². The molecule has 19 nitrogen and oxygen atoms in total. The molecule has 1 aromatic heterocycles. The summed E-state index contributed by atoms with van der Waals surface area (Å²) < 4.78 is 13.3. The molecular formula is C48H60N7O12+. The zero-order chi connectivity index (χ0) is 48.0. The molecule has 6 atom stereocenters. The molecule has 3 aliphatic heterocycles. The molecule has 2 aromatic carbocycles. The van der Waals surface area contributed by atoms with E-state index in [9.17, 15) is 49.2 Å². The fraction of sp³-hybridized carbons (Fsp3) is 0.438. The van der Waals surface area contributed by atoms with Crippen LogP contribution in [0.5, 0.6) is 5.75 Å². The number of aromatic nitrogens is 1. The number of benzene rings is 2. The van der Waals surface area contributed by atoms with Crippen molar-refractivity contribution in [2.45, 2.75) is 94.7 Å². The number of nitrogen functional groups attached to an aromatic ring is 1. The number of piperidine rings is 1. The molecule has 0 radical (unpaired) electrons. The quantitative estimate of drug-likeness (QED) is 0.0239. The lowest BCUT2D eigenvalue weighted by atomic mass is 9.90. The predicted octanol–water partition coefficient (Wildman–Crippen LogP) is 0.566.